The van der Waals surface area contributed by atoms with E-state index in [9.17, 15) is 9.18 Å². The van der Waals surface area contributed by atoms with Gasteiger partial charge in [-0.25, -0.2) is 4.39 Å². The van der Waals surface area contributed by atoms with Gasteiger partial charge in [0.25, 0.3) is 0 Å². The molecule has 0 unspecified atom stereocenters. The number of benzene rings is 1. The molecule has 0 bridgehead atoms. The Labute approximate surface area is 151 Å². The predicted molar refractivity (Wildman–Crippen MR) is 96.8 cm³/mol. The van der Waals surface area contributed by atoms with E-state index in [2.05, 4.69) is 10.2 Å². The fraction of sp³-hybridized carbons (Fsp3) is 0.500. The Balaban J connectivity index is 1.61. The van der Waals surface area contributed by atoms with Crippen LogP contribution in [0.5, 0.6) is 0 Å². The van der Waals surface area contributed by atoms with Gasteiger partial charge in [0.2, 0.25) is 5.91 Å². The number of hydrogen-bond acceptors (Lipinski definition) is 4. The number of rotatable bonds is 5. The van der Waals surface area contributed by atoms with Crippen LogP contribution in [0.25, 0.3) is 11.4 Å². The molecule has 0 radical (unpaired) electrons. The summed E-state index contributed by atoms with van der Waals surface area (Å²) in [4.78, 5) is 14.3. The Morgan fingerprint density at radius 3 is 2.60 bits per heavy atom. The van der Waals surface area contributed by atoms with E-state index in [1.807, 2.05) is 23.6 Å². The molecule has 7 heteroatoms. The first-order valence-electron chi connectivity index (χ1n) is 8.60. The van der Waals surface area contributed by atoms with Crippen molar-refractivity contribution in [2.45, 2.75) is 43.3 Å². The molecule has 2 aromatic rings. The first-order valence-corrected chi connectivity index (χ1v) is 9.58. The molecule has 25 heavy (non-hydrogen) atoms. The van der Waals surface area contributed by atoms with E-state index >= 15 is 0 Å². The molecule has 1 fully saturated rings. The second-order valence-corrected chi connectivity index (χ2v) is 7.40. The maximum absolute atomic E-state index is 13.1. The third kappa shape index (κ3) is 4.21. The maximum Gasteiger partial charge on any atom is 0.233 e. The molecule has 1 amide bonds. The van der Waals surface area contributed by atoms with Gasteiger partial charge in [0.15, 0.2) is 11.0 Å². The summed E-state index contributed by atoms with van der Waals surface area (Å²) in [6.07, 6.45) is 5.90. The van der Waals surface area contributed by atoms with Crippen molar-refractivity contribution in [3.8, 4) is 11.4 Å². The third-order valence-corrected chi connectivity index (χ3v) is 5.78. The number of carbonyl (C=O) groups is 1. The van der Waals surface area contributed by atoms with Gasteiger partial charge in [-0.15, -0.1) is 10.2 Å². The highest BCUT2D eigenvalue weighted by Gasteiger charge is 2.22. The van der Waals surface area contributed by atoms with Crippen LogP contribution in [-0.2, 0) is 11.8 Å². The van der Waals surface area contributed by atoms with Crippen LogP contribution in [0.2, 0.25) is 0 Å². The monoisotopic (exact) mass is 362 g/mol. The van der Waals surface area contributed by atoms with Gasteiger partial charge in [0.1, 0.15) is 5.82 Å². The zero-order valence-corrected chi connectivity index (χ0v) is 15.4. The lowest BCUT2D eigenvalue weighted by Crippen LogP contribution is -2.39. The van der Waals surface area contributed by atoms with Gasteiger partial charge in [0, 0.05) is 25.7 Å². The minimum atomic E-state index is -0.281. The molecular formula is C18H23FN4OS. The van der Waals surface area contributed by atoms with Gasteiger partial charge in [-0.1, -0.05) is 31.0 Å². The lowest BCUT2D eigenvalue weighted by Gasteiger charge is -2.31. The summed E-state index contributed by atoms with van der Waals surface area (Å²) in [6, 6.07) is 6.53. The van der Waals surface area contributed by atoms with Crippen molar-refractivity contribution in [1.82, 2.24) is 19.7 Å². The van der Waals surface area contributed by atoms with Crippen molar-refractivity contribution in [1.29, 1.82) is 0 Å². The lowest BCUT2D eigenvalue weighted by atomic mass is 9.94. The van der Waals surface area contributed by atoms with Crippen LogP contribution in [-0.4, -0.2) is 44.4 Å². The normalized spacial score (nSPS) is 15.3. The van der Waals surface area contributed by atoms with Crippen molar-refractivity contribution in [3.63, 3.8) is 0 Å². The summed E-state index contributed by atoms with van der Waals surface area (Å²) >= 11 is 1.39. The number of nitrogens with zero attached hydrogens (tertiary/aromatic N) is 4. The Kier molecular flexibility index (Phi) is 5.73. The second kappa shape index (κ2) is 7.99. The van der Waals surface area contributed by atoms with Crippen molar-refractivity contribution >= 4 is 17.7 Å². The van der Waals surface area contributed by atoms with Gasteiger partial charge in [0.05, 0.1) is 5.75 Å². The quantitative estimate of drug-likeness (QED) is 0.764. The molecule has 134 valence electrons. The lowest BCUT2D eigenvalue weighted by molar-refractivity contribution is -0.129. The summed E-state index contributed by atoms with van der Waals surface area (Å²) < 4.78 is 14.9. The number of aromatic nitrogens is 3. The minimum absolute atomic E-state index is 0.128. The Morgan fingerprint density at radius 1 is 1.24 bits per heavy atom. The van der Waals surface area contributed by atoms with Crippen LogP contribution in [0.3, 0.4) is 0 Å². The highest BCUT2D eigenvalue weighted by molar-refractivity contribution is 7.99. The smallest absolute Gasteiger partial charge is 0.233 e. The fourth-order valence-electron chi connectivity index (χ4n) is 3.19. The number of amides is 1. The average Bonchev–Trinajstić information content (AvgIpc) is 3.01. The maximum atomic E-state index is 13.1. The SMILES string of the molecule is CN(C(=O)CSc1nnc(-c2ccc(F)cc2)n1C)C1CCCCC1. The molecule has 5 nitrogen and oxygen atoms in total. The van der Waals surface area contributed by atoms with Crippen LogP contribution in [0.15, 0.2) is 29.4 Å². The van der Waals surface area contributed by atoms with E-state index in [1.54, 1.807) is 12.1 Å². The van der Waals surface area contributed by atoms with Crippen LogP contribution in [0.4, 0.5) is 4.39 Å². The number of hydrogen-bond donors (Lipinski definition) is 0. The molecule has 1 aliphatic carbocycles. The summed E-state index contributed by atoms with van der Waals surface area (Å²) in [5.74, 6) is 0.859. The van der Waals surface area contributed by atoms with Gasteiger partial charge in [-0.2, -0.15) is 0 Å². The predicted octanol–water partition coefficient (Wildman–Crippen LogP) is 3.50. The molecule has 0 saturated heterocycles. The molecule has 0 N–H and O–H groups in total. The zero-order valence-electron chi connectivity index (χ0n) is 14.6. The molecule has 0 atom stereocenters. The summed E-state index contributed by atoms with van der Waals surface area (Å²) in [5.41, 5.74) is 0.800. The largest absolute Gasteiger partial charge is 0.342 e. The molecule has 0 spiro atoms. The topological polar surface area (TPSA) is 51.0 Å². The summed E-state index contributed by atoms with van der Waals surface area (Å²) in [7, 11) is 3.76. The second-order valence-electron chi connectivity index (χ2n) is 6.46. The van der Waals surface area contributed by atoms with Crippen molar-refractivity contribution in [2.24, 2.45) is 7.05 Å². The summed E-state index contributed by atoms with van der Waals surface area (Å²) in [6.45, 7) is 0. The van der Waals surface area contributed by atoms with E-state index in [0.717, 1.165) is 18.4 Å². The number of carbonyl (C=O) groups excluding carboxylic acids is 1. The highest BCUT2D eigenvalue weighted by Crippen LogP contribution is 2.25. The van der Waals surface area contributed by atoms with Gasteiger partial charge in [-0.05, 0) is 37.1 Å². The molecule has 1 aliphatic rings. The molecule has 1 aromatic carbocycles. The minimum Gasteiger partial charge on any atom is -0.342 e. The average molecular weight is 362 g/mol. The highest BCUT2D eigenvalue weighted by atomic mass is 32.2. The standard InChI is InChI=1S/C18H23FN4OS/c1-22(15-6-4-3-5-7-15)16(24)12-25-18-21-20-17(23(18)2)13-8-10-14(19)11-9-13/h8-11,15H,3-7,12H2,1-2H3. The Bertz CT molecular complexity index is 725. The van der Waals surface area contributed by atoms with Gasteiger partial charge >= 0.3 is 0 Å². The van der Waals surface area contributed by atoms with E-state index in [-0.39, 0.29) is 11.7 Å². The molecule has 3 rings (SSSR count). The van der Waals surface area contributed by atoms with Crippen LogP contribution >= 0.6 is 11.8 Å². The number of halogens is 1. The molecule has 1 saturated carbocycles. The molecule has 1 aromatic heterocycles. The van der Waals surface area contributed by atoms with Gasteiger partial charge < -0.3 is 9.47 Å². The van der Waals surface area contributed by atoms with E-state index in [4.69, 9.17) is 0 Å². The molecule has 1 heterocycles. The van der Waals surface area contributed by atoms with Crippen molar-refractivity contribution in [2.75, 3.05) is 12.8 Å². The Morgan fingerprint density at radius 2 is 1.92 bits per heavy atom. The zero-order chi connectivity index (χ0) is 17.8. The van der Waals surface area contributed by atoms with E-state index in [0.29, 0.717) is 22.8 Å². The third-order valence-electron chi connectivity index (χ3n) is 4.78. The summed E-state index contributed by atoms with van der Waals surface area (Å²) in [5, 5.41) is 9.03. The van der Waals surface area contributed by atoms with Crippen molar-refractivity contribution in [3.05, 3.63) is 30.1 Å². The fourth-order valence-corrected chi connectivity index (χ4v) is 4.03. The van der Waals surface area contributed by atoms with Crippen molar-refractivity contribution < 1.29 is 9.18 Å². The molecule has 0 aliphatic heterocycles. The van der Waals surface area contributed by atoms with Crippen LogP contribution in [0.1, 0.15) is 32.1 Å². The first kappa shape index (κ1) is 17.9. The van der Waals surface area contributed by atoms with E-state index < -0.39 is 0 Å². The molecular weight excluding hydrogens is 339 g/mol. The first-order chi connectivity index (χ1) is 12.1. The van der Waals surface area contributed by atoms with Crippen LogP contribution in [0, 0.1) is 5.82 Å². The van der Waals surface area contributed by atoms with Gasteiger partial charge in [-0.3, -0.25) is 4.79 Å². The Hall–Kier alpha value is -1.89. The van der Waals surface area contributed by atoms with Crippen LogP contribution < -0.4 is 0 Å². The van der Waals surface area contributed by atoms with E-state index in [1.165, 1.54) is 43.2 Å². The number of thioether (sulfide) groups is 1.